The summed E-state index contributed by atoms with van der Waals surface area (Å²) in [4.78, 5) is 18.1. The van der Waals surface area contributed by atoms with Gasteiger partial charge in [-0.05, 0) is 55.3 Å². The molecule has 1 aromatic heterocycles. The van der Waals surface area contributed by atoms with Gasteiger partial charge in [-0.3, -0.25) is 4.79 Å². The number of benzene rings is 2. The smallest absolute Gasteiger partial charge is 0.252 e. The van der Waals surface area contributed by atoms with Crippen LogP contribution in [-0.4, -0.2) is 36.3 Å². The minimum absolute atomic E-state index is 0.103. The van der Waals surface area contributed by atoms with E-state index in [0.29, 0.717) is 40.8 Å². The molecule has 0 saturated carbocycles. The molecule has 0 N–H and O–H groups in total. The zero-order valence-electron chi connectivity index (χ0n) is 17.1. The van der Waals surface area contributed by atoms with Crippen LogP contribution in [0.15, 0.2) is 65.0 Å². The first-order valence-electron chi connectivity index (χ1n) is 10.0. The summed E-state index contributed by atoms with van der Waals surface area (Å²) in [6, 6.07) is 11.6. The zero-order valence-corrected chi connectivity index (χ0v) is 20.2. The molecule has 1 atom stereocenters. The van der Waals surface area contributed by atoms with Gasteiger partial charge in [0.15, 0.2) is 4.80 Å². The average Bonchev–Trinajstić information content (AvgIpc) is 3.10. The van der Waals surface area contributed by atoms with Crippen LogP contribution < -0.4 is 4.80 Å². The molecule has 6 nitrogen and oxygen atoms in total. The maximum atomic E-state index is 13.1. The Balaban J connectivity index is 1.62. The van der Waals surface area contributed by atoms with Gasteiger partial charge in [0, 0.05) is 29.7 Å². The van der Waals surface area contributed by atoms with Crippen molar-refractivity contribution in [3.05, 3.63) is 70.0 Å². The molecule has 1 amide bonds. The second-order valence-electron chi connectivity index (χ2n) is 7.50. The number of carbonyl (C=O) groups is 1. The van der Waals surface area contributed by atoms with Crippen LogP contribution in [0.4, 0.5) is 0 Å². The second-order valence-corrected chi connectivity index (χ2v) is 11.3. The molecule has 1 saturated heterocycles. The number of carbonyl (C=O) groups excluding carboxylic acids is 1. The normalized spacial score (nSPS) is 18.2. The predicted octanol–water partition coefficient (Wildman–Crippen LogP) is 4.72. The monoisotopic (exact) mass is 509 g/mol. The number of aromatic nitrogens is 1. The van der Waals surface area contributed by atoms with E-state index < -0.39 is 15.9 Å². The summed E-state index contributed by atoms with van der Waals surface area (Å²) in [5.41, 5.74) is 0.918. The maximum Gasteiger partial charge on any atom is 0.252 e. The molecule has 0 aliphatic carbocycles. The van der Waals surface area contributed by atoms with E-state index in [4.69, 9.17) is 23.2 Å². The Morgan fingerprint density at radius 2 is 1.91 bits per heavy atom. The maximum absolute atomic E-state index is 13.1. The molecule has 1 aliphatic heterocycles. The summed E-state index contributed by atoms with van der Waals surface area (Å²) in [6.45, 7) is 4.76. The molecule has 0 radical (unpaired) electrons. The van der Waals surface area contributed by atoms with Crippen molar-refractivity contribution in [2.75, 3.05) is 13.1 Å². The largest absolute Gasteiger partial charge is 0.313 e. The van der Waals surface area contributed by atoms with Gasteiger partial charge in [-0.15, -0.1) is 6.58 Å². The summed E-state index contributed by atoms with van der Waals surface area (Å²) < 4.78 is 30.2. The third-order valence-electron chi connectivity index (χ3n) is 5.35. The number of halogens is 2. The van der Waals surface area contributed by atoms with E-state index in [1.165, 1.54) is 27.8 Å². The highest BCUT2D eigenvalue weighted by atomic mass is 35.5. The number of piperidine rings is 1. The fraction of sp³-hybridized carbons (Fsp3) is 0.273. The molecule has 2 heterocycles. The Morgan fingerprint density at radius 1 is 1.19 bits per heavy atom. The number of amides is 1. The van der Waals surface area contributed by atoms with E-state index in [-0.39, 0.29) is 17.3 Å². The number of fused-ring (bicyclic) bond motifs is 1. The van der Waals surface area contributed by atoms with E-state index in [9.17, 15) is 13.2 Å². The van der Waals surface area contributed by atoms with Gasteiger partial charge in [0.2, 0.25) is 10.0 Å². The minimum Gasteiger partial charge on any atom is -0.313 e. The van der Waals surface area contributed by atoms with E-state index in [1.807, 2.05) is 16.7 Å². The number of thiazole rings is 1. The van der Waals surface area contributed by atoms with Crippen molar-refractivity contribution in [2.45, 2.75) is 24.3 Å². The van der Waals surface area contributed by atoms with E-state index in [1.54, 1.807) is 24.3 Å². The van der Waals surface area contributed by atoms with Gasteiger partial charge < -0.3 is 4.57 Å². The molecule has 1 fully saturated rings. The van der Waals surface area contributed by atoms with Crippen LogP contribution in [-0.2, 0) is 21.4 Å². The SMILES string of the molecule is C=CCn1c(=NC(=O)C2CCCN(S(=O)(=O)c3ccc(Cl)cc3)C2)sc2cc(Cl)ccc21. The van der Waals surface area contributed by atoms with E-state index >= 15 is 0 Å². The number of hydrogen-bond donors (Lipinski definition) is 0. The van der Waals surface area contributed by atoms with Crippen LogP contribution >= 0.6 is 34.5 Å². The van der Waals surface area contributed by atoms with Crippen LogP contribution in [0.5, 0.6) is 0 Å². The van der Waals surface area contributed by atoms with Crippen molar-refractivity contribution in [1.29, 1.82) is 0 Å². The number of nitrogens with zero attached hydrogens (tertiary/aromatic N) is 3. The third-order valence-corrected chi connectivity index (χ3v) is 8.75. The fourth-order valence-corrected chi connectivity index (χ4v) is 6.71. The van der Waals surface area contributed by atoms with Crippen LogP contribution in [0.2, 0.25) is 10.0 Å². The average molecular weight is 510 g/mol. The first kappa shape index (κ1) is 23.2. The van der Waals surface area contributed by atoms with Crippen LogP contribution in [0.25, 0.3) is 10.2 Å². The van der Waals surface area contributed by atoms with Crippen LogP contribution in [0, 0.1) is 5.92 Å². The quantitative estimate of drug-likeness (QED) is 0.467. The molecule has 4 rings (SSSR count). The Hall–Kier alpha value is -1.97. The summed E-state index contributed by atoms with van der Waals surface area (Å²) >= 11 is 13.4. The minimum atomic E-state index is -3.71. The Bertz CT molecular complexity index is 1340. The molecule has 0 spiro atoms. The van der Waals surface area contributed by atoms with E-state index in [2.05, 4.69) is 11.6 Å². The highest BCUT2D eigenvalue weighted by molar-refractivity contribution is 7.89. The van der Waals surface area contributed by atoms with Gasteiger partial charge in [-0.2, -0.15) is 9.30 Å². The van der Waals surface area contributed by atoms with Crippen LogP contribution in [0.1, 0.15) is 12.8 Å². The van der Waals surface area contributed by atoms with Gasteiger partial charge in [-0.1, -0.05) is 40.6 Å². The topological polar surface area (TPSA) is 71.7 Å². The lowest BCUT2D eigenvalue weighted by Gasteiger charge is -2.30. The predicted molar refractivity (Wildman–Crippen MR) is 129 cm³/mol. The molecule has 1 aliphatic rings. The molecule has 0 bridgehead atoms. The van der Waals surface area contributed by atoms with Gasteiger partial charge in [0.05, 0.1) is 21.0 Å². The number of sulfonamides is 1. The summed E-state index contributed by atoms with van der Waals surface area (Å²) in [5, 5.41) is 1.07. The van der Waals surface area contributed by atoms with Gasteiger partial charge in [-0.25, -0.2) is 8.42 Å². The van der Waals surface area contributed by atoms with Gasteiger partial charge in [0.1, 0.15) is 0 Å². The first-order valence-corrected chi connectivity index (χ1v) is 13.0. The highest BCUT2D eigenvalue weighted by Gasteiger charge is 2.33. The molecule has 3 aromatic rings. The molecule has 2 aromatic carbocycles. The van der Waals surface area contributed by atoms with Crippen molar-refractivity contribution >= 4 is 60.7 Å². The molecule has 168 valence electrons. The summed E-state index contributed by atoms with van der Waals surface area (Å²) in [5.74, 6) is -0.826. The molecule has 1 unspecified atom stereocenters. The van der Waals surface area contributed by atoms with Crippen molar-refractivity contribution in [3.8, 4) is 0 Å². The number of rotatable bonds is 5. The number of allylic oxidation sites excluding steroid dienone is 1. The second kappa shape index (κ2) is 9.49. The highest BCUT2D eigenvalue weighted by Crippen LogP contribution is 2.26. The third kappa shape index (κ3) is 4.70. The lowest BCUT2D eigenvalue weighted by atomic mass is 9.99. The Kier molecular flexibility index (Phi) is 6.88. The van der Waals surface area contributed by atoms with Crippen molar-refractivity contribution in [2.24, 2.45) is 10.9 Å². The summed E-state index contributed by atoms with van der Waals surface area (Å²) in [6.07, 6.45) is 2.92. The Labute approximate surface area is 200 Å². The molecular weight excluding hydrogens is 489 g/mol. The van der Waals surface area contributed by atoms with Crippen LogP contribution in [0.3, 0.4) is 0 Å². The molecule has 32 heavy (non-hydrogen) atoms. The van der Waals surface area contributed by atoms with Gasteiger partial charge >= 0.3 is 0 Å². The first-order chi connectivity index (χ1) is 15.3. The zero-order chi connectivity index (χ0) is 22.9. The lowest BCUT2D eigenvalue weighted by Crippen LogP contribution is -2.42. The number of hydrogen-bond acceptors (Lipinski definition) is 4. The lowest BCUT2D eigenvalue weighted by molar-refractivity contribution is -0.122. The van der Waals surface area contributed by atoms with Gasteiger partial charge in [0.25, 0.3) is 5.91 Å². The van der Waals surface area contributed by atoms with Crippen molar-refractivity contribution in [1.82, 2.24) is 8.87 Å². The fourth-order valence-electron chi connectivity index (χ4n) is 3.74. The Morgan fingerprint density at radius 3 is 2.62 bits per heavy atom. The standard InChI is InChI=1S/C22H21Cl2N3O3S2/c1-2-11-27-19-10-7-17(24)13-20(19)31-22(27)25-21(28)15-4-3-12-26(14-15)32(29,30)18-8-5-16(23)6-9-18/h2,5-10,13,15H,1,3-4,11-12,14H2. The summed E-state index contributed by atoms with van der Waals surface area (Å²) in [7, 11) is -3.71. The van der Waals surface area contributed by atoms with Crippen molar-refractivity contribution < 1.29 is 13.2 Å². The van der Waals surface area contributed by atoms with E-state index in [0.717, 1.165) is 10.2 Å². The van der Waals surface area contributed by atoms with Crippen molar-refractivity contribution in [3.63, 3.8) is 0 Å². The molecule has 10 heteroatoms. The molecular formula is C22H21Cl2N3O3S2.